The van der Waals surface area contributed by atoms with Crippen LogP contribution < -0.4 is 4.74 Å². The highest BCUT2D eigenvalue weighted by Crippen LogP contribution is 2.37. The minimum atomic E-state index is -1.06. The topological polar surface area (TPSA) is 9.23 Å². The van der Waals surface area contributed by atoms with Crippen molar-refractivity contribution in [2.75, 3.05) is 6.61 Å². The monoisotopic (exact) mass is 326 g/mol. The molecule has 0 atom stereocenters. The smallest absolute Gasteiger partial charge is 0.201 e. The molecule has 0 N–H and O–H groups in total. The summed E-state index contributed by atoms with van der Waals surface area (Å²) in [6.45, 7) is 4.11. The van der Waals surface area contributed by atoms with Crippen LogP contribution in [0, 0.1) is 23.5 Å². The summed E-state index contributed by atoms with van der Waals surface area (Å²) in [5.74, 6) is -2.07. The zero-order valence-corrected chi connectivity index (χ0v) is 13.9. The van der Waals surface area contributed by atoms with E-state index in [1.165, 1.54) is 18.6 Å². The number of allylic oxidation sites excluding steroid dienone is 1. The summed E-state index contributed by atoms with van der Waals surface area (Å²) in [6.07, 6.45) is 7.09. The van der Waals surface area contributed by atoms with Crippen molar-refractivity contribution < 1.29 is 17.9 Å². The van der Waals surface area contributed by atoms with Gasteiger partial charge in [-0.1, -0.05) is 19.8 Å². The molecule has 1 saturated carbocycles. The van der Waals surface area contributed by atoms with E-state index in [-0.39, 0.29) is 29.7 Å². The molecule has 0 unspecified atom stereocenters. The van der Waals surface area contributed by atoms with E-state index in [0.29, 0.717) is 5.92 Å². The molecule has 2 rings (SSSR count). The number of hydrogen-bond donors (Lipinski definition) is 0. The van der Waals surface area contributed by atoms with Gasteiger partial charge in [-0.2, -0.15) is 4.39 Å². The van der Waals surface area contributed by atoms with E-state index in [4.69, 9.17) is 4.74 Å². The van der Waals surface area contributed by atoms with Gasteiger partial charge in [0.25, 0.3) is 0 Å². The van der Waals surface area contributed by atoms with Gasteiger partial charge in [0.05, 0.1) is 6.61 Å². The largest absolute Gasteiger partial charge is 0.491 e. The number of benzene rings is 1. The van der Waals surface area contributed by atoms with Crippen molar-refractivity contribution in [3.05, 3.63) is 35.2 Å². The lowest BCUT2D eigenvalue weighted by molar-refractivity contribution is 0.264. The maximum atomic E-state index is 14.4. The highest BCUT2D eigenvalue weighted by Gasteiger charge is 2.24. The molecule has 0 bridgehead atoms. The van der Waals surface area contributed by atoms with Crippen molar-refractivity contribution >= 4 is 6.08 Å². The standard InChI is InChI=1S/C19H25F3O/c1-3-5-13-6-8-14(9-7-13)16(20)12-15-10-11-17(23-4-2)19(22)18(15)21/h10-14H,3-9H2,1-2H3. The Hall–Kier alpha value is -1.45. The van der Waals surface area contributed by atoms with Gasteiger partial charge in [-0.25, -0.2) is 8.78 Å². The SMILES string of the molecule is CCCC1CCC(C(F)=Cc2ccc(OCC)c(F)c2F)CC1. The molecule has 1 aromatic carbocycles. The Morgan fingerprint density at radius 2 is 1.83 bits per heavy atom. The molecule has 1 fully saturated rings. The Labute approximate surface area is 136 Å². The fourth-order valence-electron chi connectivity index (χ4n) is 3.33. The second kappa shape index (κ2) is 8.42. The summed E-state index contributed by atoms with van der Waals surface area (Å²) >= 11 is 0. The molecule has 128 valence electrons. The molecule has 0 heterocycles. The molecule has 0 saturated heterocycles. The first-order valence-corrected chi connectivity index (χ1v) is 8.54. The highest BCUT2D eigenvalue weighted by molar-refractivity contribution is 5.54. The molecular formula is C19H25F3O. The average Bonchev–Trinajstić information content (AvgIpc) is 2.55. The Morgan fingerprint density at radius 1 is 1.13 bits per heavy atom. The van der Waals surface area contributed by atoms with E-state index >= 15 is 0 Å². The highest BCUT2D eigenvalue weighted by atomic mass is 19.2. The van der Waals surface area contributed by atoms with Gasteiger partial charge < -0.3 is 4.74 Å². The third-order valence-corrected chi connectivity index (χ3v) is 4.60. The quantitative estimate of drug-likeness (QED) is 0.597. The van der Waals surface area contributed by atoms with Gasteiger partial charge in [0, 0.05) is 11.5 Å². The van der Waals surface area contributed by atoms with Crippen LogP contribution >= 0.6 is 0 Å². The summed E-state index contributed by atoms with van der Waals surface area (Å²) in [5, 5.41) is 0. The summed E-state index contributed by atoms with van der Waals surface area (Å²) in [6, 6.07) is 2.71. The second-order valence-electron chi connectivity index (χ2n) is 6.25. The molecule has 1 aliphatic rings. The van der Waals surface area contributed by atoms with E-state index in [0.717, 1.165) is 38.2 Å². The normalized spacial score (nSPS) is 22.2. The second-order valence-corrected chi connectivity index (χ2v) is 6.25. The van der Waals surface area contributed by atoms with Gasteiger partial charge >= 0.3 is 0 Å². The first kappa shape index (κ1) is 17.9. The molecule has 1 aromatic rings. The Balaban J connectivity index is 2.08. The zero-order chi connectivity index (χ0) is 16.8. The van der Waals surface area contributed by atoms with Crippen LogP contribution in [-0.2, 0) is 0 Å². The molecule has 0 radical (unpaired) electrons. The van der Waals surface area contributed by atoms with E-state index < -0.39 is 11.6 Å². The summed E-state index contributed by atoms with van der Waals surface area (Å²) in [5.41, 5.74) is -0.0564. The average molecular weight is 326 g/mol. The lowest BCUT2D eigenvalue weighted by Gasteiger charge is -2.27. The maximum absolute atomic E-state index is 14.4. The molecule has 4 heteroatoms. The summed E-state index contributed by atoms with van der Waals surface area (Å²) in [7, 11) is 0. The lowest BCUT2D eigenvalue weighted by Crippen LogP contribution is -2.15. The predicted molar refractivity (Wildman–Crippen MR) is 87.0 cm³/mol. The predicted octanol–water partition coefficient (Wildman–Crippen LogP) is 6.28. The van der Waals surface area contributed by atoms with Crippen molar-refractivity contribution in [3.8, 4) is 5.75 Å². The number of halogens is 3. The fraction of sp³-hybridized carbons (Fsp3) is 0.579. The Bertz CT molecular complexity index is 546. The van der Waals surface area contributed by atoms with Gasteiger partial charge in [0.1, 0.15) is 5.83 Å². The van der Waals surface area contributed by atoms with Gasteiger partial charge in [-0.3, -0.25) is 0 Å². The third kappa shape index (κ3) is 4.52. The van der Waals surface area contributed by atoms with Crippen LogP contribution in [0.2, 0.25) is 0 Å². The van der Waals surface area contributed by atoms with Gasteiger partial charge in [-0.05, 0) is 56.7 Å². The van der Waals surface area contributed by atoms with Crippen LogP contribution in [0.3, 0.4) is 0 Å². The molecule has 0 spiro atoms. The van der Waals surface area contributed by atoms with Crippen LogP contribution in [-0.4, -0.2) is 6.61 Å². The first-order chi connectivity index (χ1) is 11.1. The Morgan fingerprint density at radius 3 is 2.43 bits per heavy atom. The molecular weight excluding hydrogens is 301 g/mol. The van der Waals surface area contributed by atoms with Crippen LogP contribution in [0.15, 0.2) is 18.0 Å². The number of ether oxygens (including phenoxy) is 1. The van der Waals surface area contributed by atoms with Crippen molar-refractivity contribution in [2.45, 2.75) is 52.4 Å². The van der Waals surface area contributed by atoms with E-state index in [1.54, 1.807) is 6.92 Å². The molecule has 23 heavy (non-hydrogen) atoms. The molecule has 0 aromatic heterocycles. The van der Waals surface area contributed by atoms with Crippen LogP contribution in [0.5, 0.6) is 5.75 Å². The lowest BCUT2D eigenvalue weighted by atomic mass is 9.79. The van der Waals surface area contributed by atoms with E-state index in [9.17, 15) is 13.2 Å². The summed E-state index contributed by atoms with van der Waals surface area (Å²) in [4.78, 5) is 0. The maximum Gasteiger partial charge on any atom is 0.201 e. The van der Waals surface area contributed by atoms with Crippen molar-refractivity contribution in [1.29, 1.82) is 0 Å². The molecule has 0 amide bonds. The number of hydrogen-bond acceptors (Lipinski definition) is 1. The van der Waals surface area contributed by atoms with Crippen LogP contribution in [0.1, 0.15) is 57.9 Å². The first-order valence-electron chi connectivity index (χ1n) is 8.54. The third-order valence-electron chi connectivity index (χ3n) is 4.60. The van der Waals surface area contributed by atoms with Crippen molar-refractivity contribution in [2.24, 2.45) is 11.8 Å². The number of rotatable bonds is 6. The molecule has 1 aliphatic carbocycles. The van der Waals surface area contributed by atoms with Gasteiger partial charge in [-0.15, -0.1) is 0 Å². The van der Waals surface area contributed by atoms with Crippen molar-refractivity contribution in [3.63, 3.8) is 0 Å². The molecule has 0 aliphatic heterocycles. The minimum absolute atomic E-state index is 0.0564. The van der Waals surface area contributed by atoms with Gasteiger partial charge in [0.2, 0.25) is 5.82 Å². The summed E-state index contributed by atoms with van der Waals surface area (Å²) < 4.78 is 47.2. The molecule has 1 nitrogen and oxygen atoms in total. The van der Waals surface area contributed by atoms with Crippen molar-refractivity contribution in [1.82, 2.24) is 0 Å². The minimum Gasteiger partial charge on any atom is -0.491 e. The zero-order valence-electron chi connectivity index (χ0n) is 13.9. The van der Waals surface area contributed by atoms with Crippen LogP contribution in [0.25, 0.3) is 6.08 Å². The fourth-order valence-corrected chi connectivity index (χ4v) is 3.33. The van der Waals surface area contributed by atoms with E-state index in [1.807, 2.05) is 0 Å². The van der Waals surface area contributed by atoms with Crippen LogP contribution in [0.4, 0.5) is 13.2 Å². The Kier molecular flexibility index (Phi) is 6.55. The van der Waals surface area contributed by atoms with Gasteiger partial charge in [0.15, 0.2) is 11.6 Å². The van der Waals surface area contributed by atoms with E-state index in [2.05, 4.69) is 6.92 Å².